The van der Waals surface area contributed by atoms with Crippen LogP contribution in [0.15, 0.2) is 53.3 Å². The topological polar surface area (TPSA) is 146 Å². The molecule has 0 amide bonds. The molecule has 2 heterocycles. The molecule has 1 saturated heterocycles. The van der Waals surface area contributed by atoms with E-state index in [-0.39, 0.29) is 22.2 Å². The first kappa shape index (κ1) is 21.0. The number of anilines is 2. The number of nitrogens with one attached hydrogen (secondary N) is 2. The highest BCUT2D eigenvalue weighted by Crippen LogP contribution is 2.24. The van der Waals surface area contributed by atoms with Crippen LogP contribution in [-0.2, 0) is 29.1 Å². The minimum Gasteiger partial charge on any atom is -0.478 e. The third kappa shape index (κ3) is 4.66. The molecular formula is C18H18N4O7S. The summed E-state index contributed by atoms with van der Waals surface area (Å²) < 4.78 is 42.3. The average molecular weight is 434 g/mol. The van der Waals surface area contributed by atoms with E-state index in [1.54, 1.807) is 0 Å². The molecule has 2 N–H and O–H groups in total. The summed E-state index contributed by atoms with van der Waals surface area (Å²) in [4.78, 5) is 31.5. The van der Waals surface area contributed by atoms with Crippen LogP contribution in [0.2, 0.25) is 0 Å². The van der Waals surface area contributed by atoms with E-state index in [2.05, 4.69) is 20.0 Å². The second kappa shape index (κ2) is 7.99. The first-order valence-corrected chi connectivity index (χ1v) is 10.0. The van der Waals surface area contributed by atoms with Gasteiger partial charge in [-0.3, -0.25) is 4.72 Å². The standard InChI is InChI=1S/C18H18N4O7S/c1-18(2)28-16(23)13(17(24)29-18)10-21-11-4-6-12(7-5-11)30(25,26)22-14-15(27-3)20-9-8-19-14/h4-10,21H,1-3H3,(H,19,22). The lowest BCUT2D eigenvalue weighted by molar-refractivity contribution is -0.222. The van der Waals surface area contributed by atoms with Crippen molar-refractivity contribution < 1.29 is 32.2 Å². The molecule has 3 rings (SSSR count). The molecule has 0 atom stereocenters. The van der Waals surface area contributed by atoms with Crippen LogP contribution in [0.4, 0.5) is 11.5 Å². The number of rotatable bonds is 6. The predicted molar refractivity (Wildman–Crippen MR) is 104 cm³/mol. The van der Waals surface area contributed by atoms with Crippen molar-refractivity contribution >= 4 is 33.5 Å². The number of benzene rings is 1. The lowest BCUT2D eigenvalue weighted by Crippen LogP contribution is -2.42. The summed E-state index contributed by atoms with van der Waals surface area (Å²) in [6.45, 7) is 2.88. The molecule has 1 aromatic heterocycles. The Morgan fingerprint density at radius 2 is 1.63 bits per heavy atom. The van der Waals surface area contributed by atoms with Crippen LogP contribution < -0.4 is 14.8 Å². The van der Waals surface area contributed by atoms with Crippen molar-refractivity contribution in [1.29, 1.82) is 0 Å². The molecule has 0 radical (unpaired) electrons. The van der Waals surface area contributed by atoms with Gasteiger partial charge in [-0.05, 0) is 24.3 Å². The van der Waals surface area contributed by atoms with Crippen LogP contribution in [0, 0.1) is 0 Å². The van der Waals surface area contributed by atoms with E-state index in [9.17, 15) is 18.0 Å². The number of sulfonamides is 1. The fourth-order valence-corrected chi connectivity index (χ4v) is 3.40. The van der Waals surface area contributed by atoms with E-state index in [0.717, 1.165) is 6.20 Å². The van der Waals surface area contributed by atoms with E-state index in [0.29, 0.717) is 5.69 Å². The summed E-state index contributed by atoms with van der Waals surface area (Å²) in [6.07, 6.45) is 3.82. The van der Waals surface area contributed by atoms with Gasteiger partial charge in [0.15, 0.2) is 5.57 Å². The molecule has 2 aromatic rings. The fraction of sp³-hybridized carbons (Fsp3) is 0.222. The van der Waals surface area contributed by atoms with Gasteiger partial charge in [0.1, 0.15) is 0 Å². The number of nitrogens with zero attached hydrogens (tertiary/aromatic N) is 2. The molecular weight excluding hydrogens is 416 g/mol. The van der Waals surface area contributed by atoms with Gasteiger partial charge < -0.3 is 19.5 Å². The Bertz CT molecular complexity index is 1090. The number of cyclic esters (lactones) is 2. The average Bonchev–Trinajstić information content (AvgIpc) is 2.67. The fourth-order valence-electron chi connectivity index (χ4n) is 2.40. The molecule has 0 saturated carbocycles. The van der Waals surface area contributed by atoms with E-state index < -0.39 is 27.7 Å². The first-order valence-electron chi connectivity index (χ1n) is 8.52. The number of esters is 2. The summed E-state index contributed by atoms with van der Waals surface area (Å²) in [6, 6.07) is 5.55. The highest BCUT2D eigenvalue weighted by molar-refractivity contribution is 7.92. The van der Waals surface area contributed by atoms with Crippen LogP contribution in [0.1, 0.15) is 13.8 Å². The normalized spacial score (nSPS) is 15.6. The Labute approximate surface area is 172 Å². The second-order valence-electron chi connectivity index (χ2n) is 6.43. The monoisotopic (exact) mass is 434 g/mol. The van der Waals surface area contributed by atoms with E-state index in [1.165, 1.54) is 57.6 Å². The van der Waals surface area contributed by atoms with Crippen molar-refractivity contribution in [2.45, 2.75) is 24.5 Å². The number of methoxy groups -OCH3 is 1. The van der Waals surface area contributed by atoms with E-state index in [4.69, 9.17) is 14.2 Å². The number of carbonyl (C=O) groups excluding carboxylic acids is 2. The highest BCUT2D eigenvalue weighted by Gasteiger charge is 2.38. The van der Waals surface area contributed by atoms with Gasteiger partial charge in [-0.15, -0.1) is 0 Å². The Morgan fingerprint density at radius 1 is 1.03 bits per heavy atom. The summed E-state index contributed by atoms with van der Waals surface area (Å²) in [5, 5.41) is 2.73. The summed E-state index contributed by atoms with van der Waals surface area (Å²) in [5.74, 6) is -3.01. The van der Waals surface area contributed by atoms with E-state index in [1.807, 2.05) is 0 Å². The number of aromatic nitrogens is 2. The van der Waals surface area contributed by atoms with Crippen molar-refractivity contribution in [3.8, 4) is 5.88 Å². The zero-order chi connectivity index (χ0) is 21.9. The summed E-state index contributed by atoms with van der Waals surface area (Å²) in [5.41, 5.74) is 0.103. The maximum Gasteiger partial charge on any atom is 0.350 e. The Morgan fingerprint density at radius 3 is 2.23 bits per heavy atom. The maximum atomic E-state index is 12.5. The molecule has 158 valence electrons. The molecule has 1 fully saturated rings. The van der Waals surface area contributed by atoms with Crippen LogP contribution in [-0.4, -0.2) is 43.2 Å². The molecule has 30 heavy (non-hydrogen) atoms. The third-order valence-electron chi connectivity index (χ3n) is 3.75. The number of hydrogen-bond donors (Lipinski definition) is 2. The van der Waals surface area contributed by atoms with Crippen molar-refractivity contribution in [2.75, 3.05) is 17.1 Å². The molecule has 1 aromatic carbocycles. The second-order valence-corrected chi connectivity index (χ2v) is 8.11. The summed E-state index contributed by atoms with van der Waals surface area (Å²) in [7, 11) is -2.61. The van der Waals surface area contributed by atoms with Gasteiger partial charge in [0.2, 0.25) is 5.82 Å². The van der Waals surface area contributed by atoms with Crippen molar-refractivity contribution in [3.05, 3.63) is 48.4 Å². The molecule has 1 aliphatic rings. The number of hydrogen-bond acceptors (Lipinski definition) is 10. The van der Waals surface area contributed by atoms with Crippen molar-refractivity contribution in [2.24, 2.45) is 0 Å². The number of carbonyl (C=O) groups is 2. The Kier molecular flexibility index (Phi) is 5.60. The molecule has 0 bridgehead atoms. The van der Waals surface area contributed by atoms with Crippen LogP contribution in [0.25, 0.3) is 0 Å². The van der Waals surface area contributed by atoms with Crippen molar-refractivity contribution in [1.82, 2.24) is 9.97 Å². The van der Waals surface area contributed by atoms with Crippen LogP contribution >= 0.6 is 0 Å². The van der Waals surface area contributed by atoms with Gasteiger partial charge in [0.25, 0.3) is 21.7 Å². The van der Waals surface area contributed by atoms with Gasteiger partial charge in [-0.25, -0.2) is 28.0 Å². The first-order chi connectivity index (χ1) is 14.1. The van der Waals surface area contributed by atoms with Gasteiger partial charge in [0, 0.05) is 38.1 Å². The largest absolute Gasteiger partial charge is 0.478 e. The summed E-state index contributed by atoms with van der Waals surface area (Å²) >= 11 is 0. The van der Waals surface area contributed by atoms with Crippen molar-refractivity contribution in [3.63, 3.8) is 0 Å². The van der Waals surface area contributed by atoms with Gasteiger partial charge in [-0.2, -0.15) is 0 Å². The minimum absolute atomic E-state index is 0.0282. The quantitative estimate of drug-likeness (QED) is 0.389. The van der Waals surface area contributed by atoms with Crippen LogP contribution in [0.5, 0.6) is 5.88 Å². The van der Waals surface area contributed by atoms with E-state index >= 15 is 0 Å². The zero-order valence-electron chi connectivity index (χ0n) is 16.2. The SMILES string of the molecule is COc1nccnc1NS(=O)(=O)c1ccc(NC=C2C(=O)OC(C)(C)OC2=O)cc1. The van der Waals surface area contributed by atoms with Gasteiger partial charge in [0.05, 0.1) is 12.0 Å². The smallest absolute Gasteiger partial charge is 0.350 e. The van der Waals surface area contributed by atoms with Gasteiger partial charge >= 0.3 is 11.9 Å². The van der Waals surface area contributed by atoms with Crippen LogP contribution in [0.3, 0.4) is 0 Å². The lowest BCUT2D eigenvalue weighted by Gasteiger charge is -2.29. The van der Waals surface area contributed by atoms with Gasteiger partial charge in [-0.1, -0.05) is 0 Å². The lowest BCUT2D eigenvalue weighted by atomic mass is 10.2. The molecule has 0 aliphatic carbocycles. The highest BCUT2D eigenvalue weighted by atomic mass is 32.2. The Balaban J connectivity index is 1.73. The molecule has 12 heteroatoms. The molecule has 11 nitrogen and oxygen atoms in total. The molecule has 0 spiro atoms. The zero-order valence-corrected chi connectivity index (χ0v) is 17.0. The third-order valence-corrected chi connectivity index (χ3v) is 5.11. The minimum atomic E-state index is -3.95. The number of ether oxygens (including phenoxy) is 3. The maximum absolute atomic E-state index is 12.5. The molecule has 1 aliphatic heterocycles. The molecule has 0 unspecified atom stereocenters. The Hall–Kier alpha value is -3.67. The predicted octanol–water partition coefficient (Wildman–Crippen LogP) is 1.42.